The fraction of sp³-hybridized carbons (Fsp3) is 0.556. The predicted octanol–water partition coefficient (Wildman–Crippen LogP) is -8.07. The molecule has 0 saturated carbocycles. The summed E-state index contributed by atoms with van der Waals surface area (Å²) in [4.78, 5) is 45.8. The van der Waals surface area contributed by atoms with Gasteiger partial charge in [0, 0.05) is 18.2 Å². The van der Waals surface area contributed by atoms with E-state index in [1.807, 2.05) is 0 Å². The van der Waals surface area contributed by atoms with Gasteiger partial charge in [-0.2, -0.15) is 0 Å². The number of hydrogen-bond acceptors (Lipinski definition) is 8. The van der Waals surface area contributed by atoms with Crippen molar-refractivity contribution < 1.29 is 87.8 Å². The molecule has 0 radical (unpaired) electrons. The van der Waals surface area contributed by atoms with Crippen LogP contribution in [0.2, 0.25) is 0 Å². The number of fused-ring (bicyclic) bond motifs is 1. The van der Waals surface area contributed by atoms with Gasteiger partial charge in [-0.3, -0.25) is 14.5 Å². The number of amides is 1. The van der Waals surface area contributed by atoms with Gasteiger partial charge in [-0.15, -0.1) is 11.8 Å². The number of nitrogens with zero attached hydrogens (tertiary/aromatic N) is 1. The Labute approximate surface area is 169 Å². The quantitative estimate of drug-likeness (QED) is 0.229. The first-order valence-corrected chi connectivity index (χ1v) is 7.91. The molecule has 0 aliphatic carbocycles. The van der Waals surface area contributed by atoms with E-state index >= 15 is 0 Å². The average molecular weight is 352 g/mol. The van der Waals surface area contributed by atoms with Gasteiger partial charge in [-0.25, -0.2) is 0 Å². The fourth-order valence-electron chi connectivity index (χ4n) is 1.93. The predicted molar refractivity (Wildman–Crippen MR) is 62.3 cm³/mol. The molecule has 8 nitrogen and oxygen atoms in total. The molecular weight excluding hydrogens is 341 g/mol. The second-order valence-corrected chi connectivity index (χ2v) is 6.66. The van der Waals surface area contributed by atoms with Gasteiger partial charge in [0.15, 0.2) is 0 Å². The Hall–Kier alpha value is 1.14. The van der Waals surface area contributed by atoms with Gasteiger partial charge >= 0.3 is 65.1 Å². The van der Waals surface area contributed by atoms with Crippen LogP contribution in [0.1, 0.15) is 6.92 Å². The fourth-order valence-corrected chi connectivity index (χ4v) is 4.41. The van der Waals surface area contributed by atoms with Gasteiger partial charge in [-0.05, 0) is 7.60 Å². The van der Waals surface area contributed by atoms with Crippen molar-refractivity contribution in [3.05, 3.63) is 11.0 Å². The van der Waals surface area contributed by atoms with Crippen molar-refractivity contribution in [3.63, 3.8) is 0 Å². The molecular formula is C9H11N2Na2O6PS. The molecule has 2 atom stereocenters. The zero-order valence-electron chi connectivity index (χ0n) is 11.9. The van der Waals surface area contributed by atoms with E-state index in [9.17, 15) is 23.9 Å². The minimum atomic E-state index is -5.14. The van der Waals surface area contributed by atoms with Gasteiger partial charge in [0.1, 0.15) is 18.0 Å². The molecule has 2 aliphatic rings. The Morgan fingerprint density at radius 3 is 2.57 bits per heavy atom. The summed E-state index contributed by atoms with van der Waals surface area (Å²) in [6.07, 6.45) is 0. The van der Waals surface area contributed by atoms with E-state index in [2.05, 4.69) is 0 Å². The molecule has 21 heavy (non-hydrogen) atoms. The molecule has 2 heterocycles. The summed E-state index contributed by atoms with van der Waals surface area (Å²) < 4.78 is 16.0. The Morgan fingerprint density at radius 1 is 1.52 bits per heavy atom. The van der Waals surface area contributed by atoms with Crippen molar-refractivity contribution in [1.29, 1.82) is 0 Å². The topological polar surface area (TPSA) is 136 Å². The maximum atomic E-state index is 11.6. The number of carbonyl (C=O) groups excluding carboxylic acids is 2. The third-order valence-corrected chi connectivity index (χ3v) is 5.18. The van der Waals surface area contributed by atoms with Gasteiger partial charge in [0.25, 0.3) is 0 Å². The molecule has 0 aromatic carbocycles. The molecule has 106 valence electrons. The molecule has 0 spiro atoms. The summed E-state index contributed by atoms with van der Waals surface area (Å²) in [6, 6.07) is -0.804. The van der Waals surface area contributed by atoms with Crippen LogP contribution in [0.3, 0.4) is 0 Å². The van der Waals surface area contributed by atoms with Crippen LogP contribution in [-0.4, -0.2) is 40.6 Å². The van der Waals surface area contributed by atoms with E-state index < -0.39 is 36.3 Å². The van der Waals surface area contributed by atoms with Crippen LogP contribution in [0.15, 0.2) is 11.0 Å². The summed E-state index contributed by atoms with van der Waals surface area (Å²) in [5.41, 5.74) is 5.06. The number of carbonyl (C=O) groups is 2. The van der Waals surface area contributed by atoms with Crippen LogP contribution >= 0.6 is 19.4 Å². The monoisotopic (exact) mass is 352 g/mol. The minimum absolute atomic E-state index is 0. The van der Waals surface area contributed by atoms with Crippen LogP contribution < -0.4 is 74.6 Å². The maximum Gasteiger partial charge on any atom is 1.00 e. The van der Waals surface area contributed by atoms with Crippen LogP contribution in [0.25, 0.3) is 0 Å². The first kappa shape index (κ1) is 22.1. The van der Waals surface area contributed by atoms with E-state index in [1.54, 1.807) is 0 Å². The molecule has 2 N–H and O–H groups in total. The second-order valence-electron chi connectivity index (χ2n) is 4.14. The largest absolute Gasteiger partial charge is 1.00 e. The molecule has 2 rings (SSSR count). The number of ether oxygens (including phenoxy) is 1. The average Bonchev–Trinajstić information content (AvgIpc) is 2.32. The van der Waals surface area contributed by atoms with Crippen LogP contribution in [0.5, 0.6) is 0 Å². The zero-order valence-corrected chi connectivity index (χ0v) is 17.6. The van der Waals surface area contributed by atoms with Gasteiger partial charge < -0.3 is 24.8 Å². The normalized spacial score (nSPS) is 24.4. The van der Waals surface area contributed by atoms with Crippen molar-refractivity contribution >= 4 is 31.2 Å². The van der Waals surface area contributed by atoms with E-state index in [0.29, 0.717) is 0 Å². The Morgan fingerprint density at radius 2 is 2.10 bits per heavy atom. The van der Waals surface area contributed by atoms with Gasteiger partial charge in [-0.1, -0.05) is 0 Å². The Kier molecular flexibility index (Phi) is 8.75. The molecule has 12 heteroatoms. The SMILES string of the molecule is CC(=O)OCC1=C(P(=O)([O-])[O-])N2C(=O)[C@@H](N)[C@@H]2SC1.[Na+].[Na+]. The third kappa shape index (κ3) is 4.58. The third-order valence-electron chi connectivity index (χ3n) is 2.77. The number of esters is 1. The van der Waals surface area contributed by atoms with E-state index in [-0.39, 0.29) is 77.0 Å². The molecule has 1 amide bonds. The summed E-state index contributed by atoms with van der Waals surface area (Å²) in [5, 5.41) is -0.542. The smallest absolute Gasteiger partial charge is 0.806 e. The zero-order chi connectivity index (χ0) is 14.4. The second kappa shape index (κ2) is 8.30. The van der Waals surface area contributed by atoms with Crippen LogP contribution in [0.4, 0.5) is 0 Å². The van der Waals surface area contributed by atoms with Crippen molar-refractivity contribution in [2.75, 3.05) is 12.4 Å². The molecule has 1 fully saturated rings. The summed E-state index contributed by atoms with van der Waals surface area (Å²) in [5.74, 6) is -1.03. The number of nitrogens with two attached hydrogens (primary N) is 1. The summed E-state index contributed by atoms with van der Waals surface area (Å²) in [6.45, 7) is 0.843. The van der Waals surface area contributed by atoms with Gasteiger partial charge in [0.05, 0.1) is 5.44 Å². The number of rotatable bonds is 3. The standard InChI is InChI=1S/C9H13N2O6PS.2Na/c1-4(12)17-2-5-3-19-9-6(10)7(13)11(9)8(5)18(14,15)16;;/h6,9H,2-3,10H2,1H3,(H2,14,15,16);;/q;2*+1/p-2/t6-,9+;;/m1../s1. The number of β-lactam (4-membered cyclic amide) rings is 1. The minimum Gasteiger partial charge on any atom is -0.806 e. The Balaban J connectivity index is 0.00000200. The Bertz CT molecular complexity index is 524. The van der Waals surface area contributed by atoms with Crippen LogP contribution in [-0.2, 0) is 18.9 Å². The van der Waals surface area contributed by atoms with E-state index in [0.717, 1.165) is 11.8 Å². The maximum absolute atomic E-state index is 11.6. The van der Waals surface area contributed by atoms with Crippen LogP contribution in [0, 0.1) is 0 Å². The van der Waals surface area contributed by atoms with Crippen molar-refractivity contribution in [3.8, 4) is 0 Å². The number of thioether (sulfide) groups is 1. The summed E-state index contributed by atoms with van der Waals surface area (Å²) >= 11 is 1.24. The molecule has 0 aromatic heterocycles. The first-order chi connectivity index (χ1) is 8.73. The molecule has 0 unspecified atom stereocenters. The first-order valence-electron chi connectivity index (χ1n) is 5.31. The number of hydrogen-bond donors (Lipinski definition) is 1. The molecule has 1 saturated heterocycles. The molecule has 0 aromatic rings. The molecule has 2 aliphatic heterocycles. The van der Waals surface area contributed by atoms with Crippen molar-refractivity contribution in [1.82, 2.24) is 4.90 Å². The molecule has 0 bridgehead atoms. The van der Waals surface area contributed by atoms with E-state index in [4.69, 9.17) is 10.5 Å². The van der Waals surface area contributed by atoms with E-state index in [1.165, 1.54) is 11.8 Å². The van der Waals surface area contributed by atoms with Crippen molar-refractivity contribution in [2.24, 2.45) is 5.73 Å². The van der Waals surface area contributed by atoms with Crippen molar-refractivity contribution in [2.45, 2.75) is 18.3 Å². The summed E-state index contributed by atoms with van der Waals surface area (Å²) in [7, 11) is -5.14. The van der Waals surface area contributed by atoms with Gasteiger partial charge in [0.2, 0.25) is 5.91 Å².